The van der Waals surface area contributed by atoms with Crippen molar-refractivity contribution in [3.05, 3.63) is 114 Å². The van der Waals surface area contributed by atoms with E-state index in [-0.39, 0.29) is 11.9 Å². The first-order valence-corrected chi connectivity index (χ1v) is 10.6. The fourth-order valence-electron chi connectivity index (χ4n) is 3.75. The van der Waals surface area contributed by atoms with Gasteiger partial charge >= 0.3 is 0 Å². The van der Waals surface area contributed by atoms with Crippen molar-refractivity contribution in [2.24, 2.45) is 0 Å². The number of nitrogens with one attached hydrogen (secondary N) is 1. The standard InChI is InChI=1S/C27H22N4O/c1-19(20-11-5-2-6-12-20)28-27(32)24-18-26-29-23(21-13-7-3-8-14-21)17-25(31(26)30-24)22-15-9-4-10-16-22/h2-19H,1H3,(H,28,32). The Balaban J connectivity index is 1.57. The number of nitrogens with zero attached hydrogens (tertiary/aromatic N) is 3. The van der Waals surface area contributed by atoms with Crippen molar-refractivity contribution in [3.63, 3.8) is 0 Å². The molecular formula is C27H22N4O. The number of benzene rings is 3. The monoisotopic (exact) mass is 418 g/mol. The molecule has 1 unspecified atom stereocenters. The van der Waals surface area contributed by atoms with Crippen molar-refractivity contribution in [1.29, 1.82) is 0 Å². The topological polar surface area (TPSA) is 59.3 Å². The number of carbonyl (C=O) groups excluding carboxylic acids is 1. The van der Waals surface area contributed by atoms with Crippen LogP contribution in [0.2, 0.25) is 0 Å². The number of hydrogen-bond acceptors (Lipinski definition) is 3. The minimum Gasteiger partial charge on any atom is -0.344 e. The highest BCUT2D eigenvalue weighted by Crippen LogP contribution is 2.26. The van der Waals surface area contributed by atoms with Crippen LogP contribution >= 0.6 is 0 Å². The van der Waals surface area contributed by atoms with Gasteiger partial charge in [0, 0.05) is 17.2 Å². The van der Waals surface area contributed by atoms with Gasteiger partial charge in [-0.2, -0.15) is 5.10 Å². The number of hydrogen-bond donors (Lipinski definition) is 1. The SMILES string of the molecule is CC(NC(=O)c1cc2nc(-c3ccccc3)cc(-c3ccccc3)n2n1)c1ccccc1. The van der Waals surface area contributed by atoms with Crippen LogP contribution < -0.4 is 5.32 Å². The molecule has 0 saturated carbocycles. The molecule has 0 aliphatic rings. The fraction of sp³-hybridized carbons (Fsp3) is 0.0741. The van der Waals surface area contributed by atoms with Crippen LogP contribution in [0.25, 0.3) is 28.2 Å². The minimum absolute atomic E-state index is 0.130. The fourth-order valence-corrected chi connectivity index (χ4v) is 3.75. The molecule has 2 aromatic heterocycles. The normalized spacial score (nSPS) is 11.9. The number of fused-ring (bicyclic) bond motifs is 1. The molecule has 156 valence electrons. The molecule has 2 heterocycles. The highest BCUT2D eigenvalue weighted by atomic mass is 16.2. The Morgan fingerprint density at radius 3 is 2.06 bits per heavy atom. The van der Waals surface area contributed by atoms with Crippen molar-refractivity contribution >= 4 is 11.6 Å². The summed E-state index contributed by atoms with van der Waals surface area (Å²) in [5.74, 6) is -0.230. The zero-order chi connectivity index (χ0) is 21.9. The maximum absolute atomic E-state index is 13.0. The van der Waals surface area contributed by atoms with Crippen molar-refractivity contribution in [2.75, 3.05) is 0 Å². The molecule has 0 bridgehead atoms. The molecular weight excluding hydrogens is 396 g/mol. The van der Waals surface area contributed by atoms with E-state index in [0.717, 1.165) is 28.1 Å². The van der Waals surface area contributed by atoms with Crippen LogP contribution in [-0.2, 0) is 0 Å². The molecule has 5 aromatic rings. The molecule has 3 aromatic carbocycles. The van der Waals surface area contributed by atoms with Gasteiger partial charge in [0.25, 0.3) is 5.91 Å². The maximum atomic E-state index is 13.0. The Morgan fingerprint density at radius 2 is 1.41 bits per heavy atom. The van der Waals surface area contributed by atoms with E-state index in [0.29, 0.717) is 11.3 Å². The van der Waals surface area contributed by atoms with Crippen LogP contribution in [0.5, 0.6) is 0 Å². The van der Waals surface area contributed by atoms with E-state index in [1.165, 1.54) is 0 Å². The Labute approximate surface area is 186 Å². The molecule has 1 atom stereocenters. The van der Waals surface area contributed by atoms with Gasteiger partial charge in [-0.1, -0.05) is 91.0 Å². The van der Waals surface area contributed by atoms with Crippen LogP contribution in [0.3, 0.4) is 0 Å². The largest absolute Gasteiger partial charge is 0.344 e. The number of carbonyl (C=O) groups is 1. The third-order valence-corrected chi connectivity index (χ3v) is 5.45. The molecule has 1 N–H and O–H groups in total. The van der Waals surface area contributed by atoms with E-state index in [1.807, 2.05) is 104 Å². The zero-order valence-corrected chi connectivity index (χ0v) is 17.6. The summed E-state index contributed by atoms with van der Waals surface area (Å²) in [7, 11) is 0. The lowest BCUT2D eigenvalue weighted by molar-refractivity contribution is 0.0934. The average molecular weight is 419 g/mol. The van der Waals surface area contributed by atoms with E-state index in [2.05, 4.69) is 10.4 Å². The first-order valence-electron chi connectivity index (χ1n) is 10.6. The second-order valence-electron chi connectivity index (χ2n) is 7.66. The van der Waals surface area contributed by atoms with Crippen molar-refractivity contribution in [2.45, 2.75) is 13.0 Å². The van der Waals surface area contributed by atoms with Gasteiger partial charge in [0.2, 0.25) is 0 Å². The van der Waals surface area contributed by atoms with Crippen LogP contribution in [0, 0.1) is 0 Å². The number of rotatable bonds is 5. The second-order valence-corrected chi connectivity index (χ2v) is 7.66. The van der Waals surface area contributed by atoms with Crippen molar-refractivity contribution < 1.29 is 4.79 Å². The Kier molecular flexibility index (Phi) is 5.22. The van der Waals surface area contributed by atoms with Crippen LogP contribution in [-0.4, -0.2) is 20.5 Å². The molecule has 5 rings (SSSR count). The third-order valence-electron chi connectivity index (χ3n) is 5.45. The van der Waals surface area contributed by atoms with Gasteiger partial charge in [-0.3, -0.25) is 4.79 Å². The van der Waals surface area contributed by atoms with Gasteiger partial charge in [0.05, 0.1) is 17.4 Å². The highest BCUT2D eigenvalue weighted by Gasteiger charge is 2.18. The summed E-state index contributed by atoms with van der Waals surface area (Å²) >= 11 is 0. The number of amides is 1. The van der Waals surface area contributed by atoms with E-state index < -0.39 is 0 Å². The summed E-state index contributed by atoms with van der Waals surface area (Å²) < 4.78 is 1.74. The predicted molar refractivity (Wildman–Crippen MR) is 126 cm³/mol. The van der Waals surface area contributed by atoms with E-state index >= 15 is 0 Å². The van der Waals surface area contributed by atoms with Gasteiger partial charge in [-0.05, 0) is 18.6 Å². The average Bonchev–Trinajstić information content (AvgIpc) is 3.29. The summed E-state index contributed by atoms with van der Waals surface area (Å²) in [6, 6.07) is 33.5. The lowest BCUT2D eigenvalue weighted by atomic mass is 10.1. The zero-order valence-electron chi connectivity index (χ0n) is 17.6. The van der Waals surface area contributed by atoms with Gasteiger partial charge in [-0.15, -0.1) is 0 Å². The van der Waals surface area contributed by atoms with E-state index in [9.17, 15) is 4.79 Å². The smallest absolute Gasteiger partial charge is 0.272 e. The number of aromatic nitrogens is 3. The van der Waals surface area contributed by atoms with Gasteiger partial charge in [0.1, 0.15) is 0 Å². The van der Waals surface area contributed by atoms with Crippen LogP contribution in [0.4, 0.5) is 0 Å². The maximum Gasteiger partial charge on any atom is 0.272 e. The molecule has 32 heavy (non-hydrogen) atoms. The molecule has 1 amide bonds. The van der Waals surface area contributed by atoms with Gasteiger partial charge < -0.3 is 5.32 Å². The summed E-state index contributed by atoms with van der Waals surface area (Å²) in [5, 5.41) is 7.65. The van der Waals surface area contributed by atoms with Crippen LogP contribution in [0.1, 0.15) is 29.0 Å². The van der Waals surface area contributed by atoms with E-state index in [1.54, 1.807) is 10.6 Å². The quantitative estimate of drug-likeness (QED) is 0.407. The predicted octanol–water partition coefficient (Wildman–Crippen LogP) is 5.55. The molecule has 0 fully saturated rings. The van der Waals surface area contributed by atoms with Gasteiger partial charge in [0.15, 0.2) is 11.3 Å². The molecule has 0 aliphatic carbocycles. The van der Waals surface area contributed by atoms with E-state index in [4.69, 9.17) is 4.98 Å². The molecule has 0 spiro atoms. The molecule has 5 heteroatoms. The minimum atomic E-state index is -0.230. The van der Waals surface area contributed by atoms with Crippen molar-refractivity contribution in [1.82, 2.24) is 19.9 Å². The first-order chi connectivity index (χ1) is 15.7. The molecule has 0 aliphatic heterocycles. The van der Waals surface area contributed by atoms with Crippen LogP contribution in [0.15, 0.2) is 103 Å². The molecule has 5 nitrogen and oxygen atoms in total. The van der Waals surface area contributed by atoms with Gasteiger partial charge in [-0.25, -0.2) is 9.50 Å². The summed E-state index contributed by atoms with van der Waals surface area (Å²) in [6.45, 7) is 1.96. The Bertz CT molecular complexity index is 1360. The second kappa shape index (κ2) is 8.47. The first kappa shape index (κ1) is 19.7. The summed E-state index contributed by atoms with van der Waals surface area (Å²) in [6.07, 6.45) is 0. The molecule has 0 saturated heterocycles. The summed E-state index contributed by atoms with van der Waals surface area (Å²) in [5.41, 5.74) is 5.73. The highest BCUT2D eigenvalue weighted by molar-refractivity contribution is 5.94. The third kappa shape index (κ3) is 3.88. The Morgan fingerprint density at radius 1 is 0.812 bits per heavy atom. The van der Waals surface area contributed by atoms with Crippen molar-refractivity contribution in [3.8, 4) is 22.5 Å². The summed E-state index contributed by atoms with van der Waals surface area (Å²) in [4.78, 5) is 17.8. The molecule has 0 radical (unpaired) electrons. The lowest BCUT2D eigenvalue weighted by Crippen LogP contribution is -2.27. The Hall–Kier alpha value is -4.25. The lowest BCUT2D eigenvalue weighted by Gasteiger charge is -2.13.